The van der Waals surface area contributed by atoms with Crippen molar-refractivity contribution in [1.29, 1.82) is 0 Å². The average Bonchev–Trinajstić information content (AvgIpc) is 3.34. The predicted molar refractivity (Wildman–Crippen MR) is 127 cm³/mol. The van der Waals surface area contributed by atoms with E-state index in [0.29, 0.717) is 6.54 Å². The largest absolute Gasteiger partial charge is 0.356 e. The van der Waals surface area contributed by atoms with E-state index in [4.69, 9.17) is 11.6 Å². The van der Waals surface area contributed by atoms with Gasteiger partial charge in [0, 0.05) is 55.0 Å². The van der Waals surface area contributed by atoms with Crippen molar-refractivity contribution in [3.05, 3.63) is 69.4 Å². The van der Waals surface area contributed by atoms with Gasteiger partial charge in [0.1, 0.15) is 0 Å². The lowest BCUT2D eigenvalue weighted by atomic mass is 10.1. The lowest BCUT2D eigenvalue weighted by Crippen LogP contribution is -2.41. The van der Waals surface area contributed by atoms with Crippen LogP contribution in [0.5, 0.6) is 0 Å². The molecule has 28 heavy (non-hydrogen) atoms. The summed E-state index contributed by atoms with van der Waals surface area (Å²) in [6, 6.07) is 9.81. The summed E-state index contributed by atoms with van der Waals surface area (Å²) >= 11 is 7.76. The molecule has 0 saturated carbocycles. The molecule has 1 aromatic carbocycles. The predicted octanol–water partition coefficient (Wildman–Crippen LogP) is 3.92. The summed E-state index contributed by atoms with van der Waals surface area (Å²) < 4.78 is 1.93. The zero-order valence-electron chi connectivity index (χ0n) is 15.8. The fourth-order valence-corrected chi connectivity index (χ4v) is 3.65. The van der Waals surface area contributed by atoms with Crippen molar-refractivity contribution < 1.29 is 0 Å². The van der Waals surface area contributed by atoms with E-state index < -0.39 is 0 Å². The Morgan fingerprint density at radius 1 is 1.29 bits per heavy atom. The second-order valence-corrected chi connectivity index (χ2v) is 7.80. The third-order valence-electron chi connectivity index (χ3n) is 4.09. The molecular weight excluding hydrogens is 507 g/mol. The topological polar surface area (TPSA) is 67.1 Å². The Balaban J connectivity index is 0.00000280. The van der Waals surface area contributed by atoms with Gasteiger partial charge in [0.25, 0.3) is 0 Å². The SMILES string of the molecule is CN=C(NCCc1ncc(C)s1)NCC(c1ccc(Cl)cc1)n1cccn1.I. The van der Waals surface area contributed by atoms with E-state index in [1.54, 1.807) is 24.6 Å². The highest BCUT2D eigenvalue weighted by Crippen LogP contribution is 2.19. The Morgan fingerprint density at radius 2 is 2.07 bits per heavy atom. The molecule has 0 bridgehead atoms. The first kappa shape index (κ1) is 22.6. The molecule has 6 nitrogen and oxygen atoms in total. The van der Waals surface area contributed by atoms with E-state index >= 15 is 0 Å². The van der Waals surface area contributed by atoms with E-state index in [-0.39, 0.29) is 30.0 Å². The quantitative estimate of drug-likeness (QED) is 0.276. The van der Waals surface area contributed by atoms with Crippen molar-refractivity contribution >= 4 is 52.9 Å². The number of nitrogens with one attached hydrogen (secondary N) is 2. The van der Waals surface area contributed by atoms with Gasteiger partial charge in [-0.15, -0.1) is 35.3 Å². The van der Waals surface area contributed by atoms with Crippen LogP contribution in [-0.4, -0.2) is 40.9 Å². The first-order valence-electron chi connectivity index (χ1n) is 8.76. The van der Waals surface area contributed by atoms with Crippen molar-refractivity contribution in [1.82, 2.24) is 25.4 Å². The van der Waals surface area contributed by atoms with Gasteiger partial charge >= 0.3 is 0 Å². The summed E-state index contributed by atoms with van der Waals surface area (Å²) in [5, 5.41) is 13.0. The van der Waals surface area contributed by atoms with E-state index in [1.807, 2.05) is 47.4 Å². The summed E-state index contributed by atoms with van der Waals surface area (Å²) in [6.07, 6.45) is 6.53. The molecule has 2 N–H and O–H groups in total. The molecule has 0 aliphatic heterocycles. The van der Waals surface area contributed by atoms with Crippen LogP contribution in [0, 0.1) is 6.92 Å². The van der Waals surface area contributed by atoms with Crippen LogP contribution in [0.1, 0.15) is 21.5 Å². The summed E-state index contributed by atoms with van der Waals surface area (Å²) in [5.74, 6) is 0.759. The minimum Gasteiger partial charge on any atom is -0.356 e. The Labute approximate surface area is 191 Å². The first-order valence-corrected chi connectivity index (χ1v) is 9.95. The number of aromatic nitrogens is 3. The number of hydrogen-bond acceptors (Lipinski definition) is 4. The van der Waals surface area contributed by atoms with E-state index in [1.165, 1.54) is 4.88 Å². The Bertz CT molecular complexity index is 863. The number of aryl methyl sites for hydroxylation is 1. The second-order valence-electron chi connectivity index (χ2n) is 6.05. The van der Waals surface area contributed by atoms with E-state index in [0.717, 1.165) is 34.5 Å². The summed E-state index contributed by atoms with van der Waals surface area (Å²) in [7, 11) is 1.77. The van der Waals surface area contributed by atoms with Crippen LogP contribution >= 0.6 is 46.9 Å². The van der Waals surface area contributed by atoms with Crippen LogP contribution < -0.4 is 10.6 Å². The molecule has 3 rings (SSSR count). The third-order valence-corrected chi connectivity index (χ3v) is 5.31. The Morgan fingerprint density at radius 3 is 2.68 bits per heavy atom. The fraction of sp³-hybridized carbons (Fsp3) is 0.316. The van der Waals surface area contributed by atoms with Crippen LogP contribution in [-0.2, 0) is 6.42 Å². The first-order chi connectivity index (χ1) is 13.2. The highest BCUT2D eigenvalue weighted by Gasteiger charge is 2.14. The number of benzene rings is 1. The second kappa shape index (κ2) is 11.4. The van der Waals surface area contributed by atoms with Gasteiger partial charge in [-0.1, -0.05) is 23.7 Å². The van der Waals surface area contributed by atoms with Crippen molar-refractivity contribution in [3.8, 4) is 0 Å². The third kappa shape index (κ3) is 6.46. The van der Waals surface area contributed by atoms with Crippen molar-refractivity contribution in [2.45, 2.75) is 19.4 Å². The van der Waals surface area contributed by atoms with Crippen molar-refractivity contribution in [2.75, 3.05) is 20.1 Å². The standard InChI is InChI=1S/C19H23ClN6S.HI/c1-14-12-23-18(27-14)8-10-22-19(21-2)24-13-17(26-11-3-9-25-26)15-4-6-16(20)7-5-15;/h3-7,9,11-12,17H,8,10,13H2,1-2H3,(H2,21,22,24);1H. The number of thiazole rings is 1. The van der Waals surface area contributed by atoms with Gasteiger partial charge in [-0.25, -0.2) is 4.98 Å². The number of rotatable bonds is 7. The molecule has 0 radical (unpaired) electrons. The van der Waals surface area contributed by atoms with Crippen LogP contribution in [0.15, 0.2) is 53.9 Å². The minimum absolute atomic E-state index is 0. The number of halogens is 2. The molecule has 3 aromatic rings. The lowest BCUT2D eigenvalue weighted by molar-refractivity contribution is 0.511. The molecule has 2 aromatic heterocycles. The fourth-order valence-electron chi connectivity index (χ4n) is 2.73. The van der Waals surface area contributed by atoms with Crippen LogP contribution in [0.2, 0.25) is 5.02 Å². The maximum Gasteiger partial charge on any atom is 0.191 e. The monoisotopic (exact) mass is 530 g/mol. The van der Waals surface area contributed by atoms with E-state index in [2.05, 4.69) is 32.6 Å². The highest BCUT2D eigenvalue weighted by molar-refractivity contribution is 14.0. The molecule has 0 aliphatic carbocycles. The molecule has 2 heterocycles. The molecule has 1 unspecified atom stereocenters. The summed E-state index contributed by atoms with van der Waals surface area (Å²) in [4.78, 5) is 9.94. The molecule has 0 fully saturated rings. The van der Waals surface area contributed by atoms with Gasteiger partial charge in [0.15, 0.2) is 5.96 Å². The molecule has 0 amide bonds. The van der Waals surface area contributed by atoms with E-state index in [9.17, 15) is 0 Å². The number of hydrogen-bond donors (Lipinski definition) is 2. The van der Waals surface area contributed by atoms with Gasteiger partial charge in [-0.05, 0) is 30.7 Å². The molecule has 0 aliphatic rings. The minimum atomic E-state index is 0. The summed E-state index contributed by atoms with van der Waals surface area (Å²) in [5.41, 5.74) is 1.13. The lowest BCUT2D eigenvalue weighted by Gasteiger charge is -2.20. The van der Waals surface area contributed by atoms with Crippen LogP contribution in [0.25, 0.3) is 0 Å². The molecule has 0 spiro atoms. The Hall–Kier alpha value is -1.65. The number of nitrogens with zero attached hydrogens (tertiary/aromatic N) is 4. The molecule has 9 heteroatoms. The zero-order valence-corrected chi connectivity index (χ0v) is 19.7. The average molecular weight is 531 g/mol. The van der Waals surface area contributed by atoms with Crippen LogP contribution in [0.3, 0.4) is 0 Å². The van der Waals surface area contributed by atoms with Crippen molar-refractivity contribution in [2.24, 2.45) is 4.99 Å². The smallest absolute Gasteiger partial charge is 0.191 e. The summed E-state index contributed by atoms with van der Waals surface area (Å²) in [6.45, 7) is 3.50. The van der Waals surface area contributed by atoms with Gasteiger partial charge in [0.05, 0.1) is 11.0 Å². The number of aliphatic imine (C=N–C) groups is 1. The molecule has 0 saturated heterocycles. The van der Waals surface area contributed by atoms with Crippen molar-refractivity contribution in [3.63, 3.8) is 0 Å². The zero-order chi connectivity index (χ0) is 19.1. The highest BCUT2D eigenvalue weighted by atomic mass is 127. The number of guanidine groups is 1. The molecular formula is C19H24ClIN6S. The Kier molecular flexibility index (Phi) is 9.20. The van der Waals surface area contributed by atoms with Gasteiger partial charge in [-0.2, -0.15) is 5.10 Å². The normalized spacial score (nSPS) is 12.3. The van der Waals surface area contributed by atoms with Gasteiger partial charge in [-0.3, -0.25) is 9.67 Å². The molecule has 150 valence electrons. The molecule has 1 atom stereocenters. The maximum absolute atomic E-state index is 6.03. The van der Waals surface area contributed by atoms with Gasteiger partial charge in [0.2, 0.25) is 0 Å². The maximum atomic E-state index is 6.03. The van der Waals surface area contributed by atoms with Crippen LogP contribution in [0.4, 0.5) is 0 Å². The van der Waals surface area contributed by atoms with Gasteiger partial charge < -0.3 is 10.6 Å².